The fourth-order valence-corrected chi connectivity index (χ4v) is 3.48. The Balaban J connectivity index is 2.72. The summed E-state index contributed by atoms with van der Waals surface area (Å²) in [7, 11) is -3.47. The van der Waals surface area contributed by atoms with Crippen molar-refractivity contribution in [2.24, 2.45) is 0 Å². The van der Waals surface area contributed by atoms with Crippen molar-refractivity contribution in [2.45, 2.75) is 45.1 Å². The molecule has 0 radical (unpaired) electrons. The van der Waals surface area contributed by atoms with Gasteiger partial charge in [0.25, 0.3) is 5.91 Å². The third-order valence-corrected chi connectivity index (χ3v) is 5.12. The maximum Gasteiger partial charge on any atom is 0.258 e. The fourth-order valence-electron chi connectivity index (χ4n) is 2.02. The fraction of sp³-hybridized carbons (Fsp3) is 0.562. The molecule has 0 unspecified atom stereocenters. The number of ether oxygens (including phenoxy) is 1. The third-order valence-electron chi connectivity index (χ3n) is 3.05. The lowest BCUT2D eigenvalue weighted by Crippen LogP contribution is -2.43. The van der Waals surface area contributed by atoms with Gasteiger partial charge in [0.15, 0.2) is 6.61 Å². The van der Waals surface area contributed by atoms with Gasteiger partial charge in [0, 0.05) is 18.6 Å². The molecule has 1 N–H and O–H groups in total. The predicted molar refractivity (Wildman–Crippen MR) is 89.9 cm³/mol. The number of sulfonamides is 1. The van der Waals surface area contributed by atoms with Crippen LogP contribution in [0.5, 0.6) is 5.75 Å². The molecule has 0 saturated carbocycles. The molecular formula is C16H26N2O4S. The molecule has 0 heterocycles. The number of carbonyl (C=O) groups excluding carboxylic acids is 1. The first kappa shape index (κ1) is 19.4. The molecule has 0 bridgehead atoms. The second-order valence-electron chi connectivity index (χ2n) is 6.15. The summed E-state index contributed by atoms with van der Waals surface area (Å²) in [6.45, 7) is 9.99. The summed E-state index contributed by atoms with van der Waals surface area (Å²) in [5.41, 5.74) is -0.317. The first-order valence-corrected chi connectivity index (χ1v) is 9.08. The van der Waals surface area contributed by atoms with Crippen molar-refractivity contribution in [3.63, 3.8) is 0 Å². The number of nitrogens with zero attached hydrogens (tertiary/aromatic N) is 1. The summed E-state index contributed by atoms with van der Waals surface area (Å²) in [5.74, 6) is 0.227. The first-order chi connectivity index (χ1) is 10.6. The highest BCUT2D eigenvalue weighted by atomic mass is 32.2. The summed E-state index contributed by atoms with van der Waals surface area (Å²) < 4.78 is 31.5. The minimum absolute atomic E-state index is 0.112. The van der Waals surface area contributed by atoms with Crippen molar-refractivity contribution in [3.05, 3.63) is 24.3 Å². The van der Waals surface area contributed by atoms with E-state index in [9.17, 15) is 13.2 Å². The van der Waals surface area contributed by atoms with Crippen LogP contribution in [0.2, 0.25) is 0 Å². The van der Waals surface area contributed by atoms with E-state index in [0.29, 0.717) is 18.8 Å². The smallest absolute Gasteiger partial charge is 0.258 e. The largest absolute Gasteiger partial charge is 0.484 e. The molecule has 0 aliphatic rings. The van der Waals surface area contributed by atoms with E-state index in [1.54, 1.807) is 26.0 Å². The predicted octanol–water partition coefficient (Wildman–Crippen LogP) is 2.01. The van der Waals surface area contributed by atoms with Gasteiger partial charge in [0.05, 0.1) is 4.90 Å². The van der Waals surface area contributed by atoms with Crippen LogP contribution in [0.1, 0.15) is 34.6 Å². The van der Waals surface area contributed by atoms with Crippen LogP contribution in [0.15, 0.2) is 29.2 Å². The standard InChI is InChI=1S/C16H26N2O4S/c1-6-18(7-2)23(20,21)14-10-8-13(9-11-14)22-12-15(19)17-16(3,4)5/h8-11H,6-7,12H2,1-5H3,(H,17,19). The molecule has 23 heavy (non-hydrogen) atoms. The Hall–Kier alpha value is -1.60. The minimum Gasteiger partial charge on any atom is -0.484 e. The first-order valence-electron chi connectivity index (χ1n) is 7.64. The van der Waals surface area contributed by atoms with E-state index in [2.05, 4.69) is 5.32 Å². The summed E-state index contributed by atoms with van der Waals surface area (Å²) in [5, 5.41) is 2.79. The molecule has 1 aromatic carbocycles. The molecule has 0 atom stereocenters. The van der Waals surface area contributed by atoms with Crippen molar-refractivity contribution < 1.29 is 17.9 Å². The zero-order valence-corrected chi connectivity index (χ0v) is 15.2. The lowest BCUT2D eigenvalue weighted by Gasteiger charge is -2.20. The van der Waals surface area contributed by atoms with Gasteiger partial charge >= 0.3 is 0 Å². The summed E-state index contributed by atoms with van der Waals surface area (Å²) >= 11 is 0. The number of amides is 1. The lowest BCUT2D eigenvalue weighted by molar-refractivity contribution is -0.124. The second kappa shape index (κ2) is 7.79. The molecule has 6 nitrogen and oxygen atoms in total. The van der Waals surface area contributed by atoms with Crippen LogP contribution < -0.4 is 10.1 Å². The van der Waals surface area contributed by atoms with Crippen LogP contribution >= 0.6 is 0 Å². The summed E-state index contributed by atoms with van der Waals surface area (Å²) in [4.78, 5) is 11.9. The van der Waals surface area contributed by atoms with E-state index in [1.165, 1.54) is 16.4 Å². The Labute approximate surface area is 138 Å². The van der Waals surface area contributed by atoms with Crippen molar-refractivity contribution in [3.8, 4) is 5.75 Å². The molecule has 0 aliphatic heterocycles. The van der Waals surface area contributed by atoms with Gasteiger partial charge in [-0.05, 0) is 45.0 Å². The van der Waals surface area contributed by atoms with Crippen molar-refractivity contribution >= 4 is 15.9 Å². The van der Waals surface area contributed by atoms with Gasteiger partial charge in [-0.1, -0.05) is 13.8 Å². The maximum absolute atomic E-state index is 12.3. The normalized spacial score (nSPS) is 12.3. The average molecular weight is 342 g/mol. The van der Waals surface area contributed by atoms with Crippen LogP contribution in [-0.2, 0) is 14.8 Å². The van der Waals surface area contributed by atoms with Gasteiger partial charge in [0.2, 0.25) is 10.0 Å². The number of nitrogens with one attached hydrogen (secondary N) is 1. The number of hydrogen-bond donors (Lipinski definition) is 1. The molecule has 1 amide bonds. The van der Waals surface area contributed by atoms with E-state index < -0.39 is 10.0 Å². The lowest BCUT2D eigenvalue weighted by atomic mass is 10.1. The van der Waals surface area contributed by atoms with Gasteiger partial charge in [-0.2, -0.15) is 4.31 Å². The van der Waals surface area contributed by atoms with Crippen molar-refractivity contribution in [1.29, 1.82) is 0 Å². The van der Waals surface area contributed by atoms with Crippen LogP contribution in [-0.4, -0.2) is 43.9 Å². The third kappa shape index (κ3) is 5.84. The second-order valence-corrected chi connectivity index (χ2v) is 8.09. The number of rotatable bonds is 7. The maximum atomic E-state index is 12.3. The molecule has 1 rings (SSSR count). The number of carbonyl (C=O) groups is 1. The Morgan fingerprint density at radius 2 is 1.65 bits per heavy atom. The molecule has 0 fully saturated rings. The van der Waals surface area contributed by atoms with Crippen LogP contribution in [0.3, 0.4) is 0 Å². The minimum atomic E-state index is -3.47. The molecule has 0 spiro atoms. The van der Waals surface area contributed by atoms with Gasteiger partial charge in [-0.3, -0.25) is 4.79 Å². The highest BCUT2D eigenvalue weighted by Gasteiger charge is 2.21. The highest BCUT2D eigenvalue weighted by molar-refractivity contribution is 7.89. The zero-order chi connectivity index (χ0) is 17.7. The van der Waals surface area contributed by atoms with Gasteiger partial charge in [-0.15, -0.1) is 0 Å². The topological polar surface area (TPSA) is 75.7 Å². The van der Waals surface area contributed by atoms with E-state index in [0.717, 1.165) is 0 Å². The number of benzene rings is 1. The highest BCUT2D eigenvalue weighted by Crippen LogP contribution is 2.19. The van der Waals surface area contributed by atoms with Crippen molar-refractivity contribution in [2.75, 3.05) is 19.7 Å². The van der Waals surface area contributed by atoms with E-state index in [-0.39, 0.29) is 22.9 Å². The zero-order valence-electron chi connectivity index (χ0n) is 14.4. The van der Waals surface area contributed by atoms with Crippen LogP contribution in [0.4, 0.5) is 0 Å². The van der Waals surface area contributed by atoms with Gasteiger partial charge in [0.1, 0.15) is 5.75 Å². The molecular weight excluding hydrogens is 316 g/mol. The molecule has 1 aromatic rings. The van der Waals surface area contributed by atoms with Gasteiger partial charge in [-0.25, -0.2) is 8.42 Å². The Kier molecular flexibility index (Phi) is 6.58. The molecule has 0 aliphatic carbocycles. The van der Waals surface area contributed by atoms with Gasteiger partial charge < -0.3 is 10.1 Å². The number of hydrogen-bond acceptors (Lipinski definition) is 4. The summed E-state index contributed by atoms with van der Waals surface area (Å²) in [6.07, 6.45) is 0. The van der Waals surface area contributed by atoms with Crippen LogP contribution in [0, 0.1) is 0 Å². The van der Waals surface area contributed by atoms with Crippen molar-refractivity contribution in [1.82, 2.24) is 9.62 Å². The summed E-state index contributed by atoms with van der Waals surface area (Å²) in [6, 6.07) is 6.09. The Bertz CT molecular complexity index is 614. The van der Waals surface area contributed by atoms with E-state index >= 15 is 0 Å². The monoisotopic (exact) mass is 342 g/mol. The van der Waals surface area contributed by atoms with E-state index in [4.69, 9.17) is 4.74 Å². The molecule has 130 valence electrons. The van der Waals surface area contributed by atoms with E-state index in [1.807, 2.05) is 20.8 Å². The Morgan fingerprint density at radius 3 is 2.09 bits per heavy atom. The molecule has 7 heteroatoms. The SMILES string of the molecule is CCN(CC)S(=O)(=O)c1ccc(OCC(=O)NC(C)(C)C)cc1. The quantitative estimate of drug-likeness (QED) is 0.822. The molecule has 0 saturated heterocycles. The Morgan fingerprint density at radius 1 is 1.13 bits per heavy atom. The van der Waals surface area contributed by atoms with Crippen LogP contribution in [0.25, 0.3) is 0 Å². The average Bonchev–Trinajstić information content (AvgIpc) is 2.45. The molecule has 0 aromatic heterocycles.